The van der Waals surface area contributed by atoms with E-state index in [1.807, 2.05) is 6.92 Å². The average Bonchev–Trinajstić information content (AvgIpc) is 2.71. The van der Waals surface area contributed by atoms with E-state index >= 15 is 0 Å². The number of aliphatic hydroxyl groups is 4. The summed E-state index contributed by atoms with van der Waals surface area (Å²) in [5.74, 6) is -4.42. The highest BCUT2D eigenvalue weighted by Crippen LogP contribution is 2.34. The van der Waals surface area contributed by atoms with Gasteiger partial charge in [0.1, 0.15) is 17.5 Å². The van der Waals surface area contributed by atoms with Gasteiger partial charge in [-0.1, -0.05) is 41.5 Å². The van der Waals surface area contributed by atoms with Crippen LogP contribution in [0.2, 0.25) is 0 Å². The van der Waals surface area contributed by atoms with E-state index in [4.69, 9.17) is 4.74 Å². The SMILES string of the molecule is CC[C@H](C)C1OC(=O)[C@H](C)[C@@H](O)[C@H](C)[C@@H](O)C(C)C[C@@H](C)C(=O)[C@H](C)[C@@H](O)[C@]1(C)O. The van der Waals surface area contributed by atoms with Crippen molar-refractivity contribution in [3.05, 3.63) is 0 Å². The molecule has 0 aliphatic carbocycles. The molecule has 1 saturated heterocycles. The number of carbonyl (C=O) groups is 2. The molecule has 11 atom stereocenters. The average molecular weight is 431 g/mol. The van der Waals surface area contributed by atoms with Gasteiger partial charge in [-0.15, -0.1) is 0 Å². The van der Waals surface area contributed by atoms with Crippen LogP contribution in [-0.2, 0) is 14.3 Å². The third-order valence-electron chi connectivity index (χ3n) is 7.26. The summed E-state index contributed by atoms with van der Waals surface area (Å²) in [4.78, 5) is 25.8. The van der Waals surface area contributed by atoms with E-state index in [-0.39, 0.29) is 17.6 Å². The van der Waals surface area contributed by atoms with Crippen LogP contribution >= 0.6 is 0 Å². The number of ketones is 1. The third kappa shape index (κ3) is 5.61. The molecule has 0 aromatic rings. The molecule has 1 rings (SSSR count). The second kappa shape index (κ2) is 10.5. The highest BCUT2D eigenvalue weighted by molar-refractivity contribution is 5.83. The quantitative estimate of drug-likeness (QED) is 0.493. The molecule has 0 radical (unpaired) electrons. The Morgan fingerprint density at radius 1 is 1.03 bits per heavy atom. The minimum atomic E-state index is -1.86. The van der Waals surface area contributed by atoms with Crippen LogP contribution in [0.4, 0.5) is 0 Å². The van der Waals surface area contributed by atoms with Gasteiger partial charge >= 0.3 is 5.97 Å². The third-order valence-corrected chi connectivity index (χ3v) is 7.26. The smallest absolute Gasteiger partial charge is 0.311 e. The maximum atomic E-state index is 13.0. The first kappa shape index (κ1) is 27.0. The fourth-order valence-electron chi connectivity index (χ4n) is 4.67. The molecule has 0 bridgehead atoms. The zero-order chi connectivity index (χ0) is 23.5. The number of aliphatic hydroxyl groups excluding tert-OH is 3. The maximum Gasteiger partial charge on any atom is 0.311 e. The molecule has 0 aromatic carbocycles. The van der Waals surface area contributed by atoms with Crippen LogP contribution in [0.25, 0.3) is 0 Å². The number of carbonyl (C=O) groups excluding carboxylic acids is 2. The van der Waals surface area contributed by atoms with Crippen LogP contribution in [0.3, 0.4) is 0 Å². The van der Waals surface area contributed by atoms with Gasteiger partial charge in [-0.05, 0) is 38.5 Å². The van der Waals surface area contributed by atoms with Gasteiger partial charge in [-0.2, -0.15) is 0 Å². The van der Waals surface area contributed by atoms with Crippen LogP contribution in [0.15, 0.2) is 0 Å². The predicted octanol–water partition coefficient (Wildman–Crippen LogP) is 1.93. The summed E-state index contributed by atoms with van der Waals surface area (Å²) < 4.78 is 5.64. The molecule has 0 aromatic heterocycles. The Morgan fingerprint density at radius 2 is 1.57 bits per heavy atom. The van der Waals surface area contributed by atoms with E-state index in [1.165, 1.54) is 13.8 Å². The second-order valence-corrected chi connectivity index (χ2v) is 9.85. The first-order chi connectivity index (χ1) is 13.7. The molecule has 176 valence electrons. The minimum absolute atomic E-state index is 0.227. The topological polar surface area (TPSA) is 124 Å². The Hall–Kier alpha value is -1.02. The summed E-state index contributed by atoms with van der Waals surface area (Å²) in [6.07, 6.45) is -3.64. The van der Waals surface area contributed by atoms with Gasteiger partial charge in [0.15, 0.2) is 0 Å². The van der Waals surface area contributed by atoms with E-state index < -0.39 is 59.7 Å². The van der Waals surface area contributed by atoms with Crippen LogP contribution in [-0.4, -0.2) is 62.2 Å². The lowest BCUT2D eigenvalue weighted by Crippen LogP contribution is -2.58. The summed E-state index contributed by atoms with van der Waals surface area (Å²) in [6.45, 7) is 13.4. The van der Waals surface area contributed by atoms with Crippen LogP contribution < -0.4 is 0 Å². The van der Waals surface area contributed by atoms with Crippen molar-refractivity contribution in [3.63, 3.8) is 0 Å². The van der Waals surface area contributed by atoms with Gasteiger partial charge in [-0.25, -0.2) is 0 Å². The van der Waals surface area contributed by atoms with Gasteiger partial charge in [0.05, 0.1) is 24.2 Å². The van der Waals surface area contributed by atoms with Crippen LogP contribution in [0.5, 0.6) is 0 Å². The molecule has 0 saturated carbocycles. The molecule has 7 nitrogen and oxygen atoms in total. The lowest BCUT2D eigenvalue weighted by Gasteiger charge is -2.42. The van der Waals surface area contributed by atoms with Gasteiger partial charge in [0.2, 0.25) is 0 Å². The van der Waals surface area contributed by atoms with Crippen molar-refractivity contribution in [2.45, 2.75) is 98.2 Å². The van der Waals surface area contributed by atoms with Crippen LogP contribution in [0, 0.1) is 35.5 Å². The fraction of sp³-hybridized carbons (Fsp3) is 0.913. The standard InChI is InChI=1S/C23H42O7/c1-9-11(2)21-23(8,29)20(27)15(6)18(25)13(4)10-12(3)17(24)14(5)19(26)16(7)22(28)30-21/h11-17,19-21,24,26-27,29H,9-10H2,1-8H3/t11-,12?,13+,14+,15-,16+,17-,19-,20+,21?,23-/m0/s1. The Labute approximate surface area is 180 Å². The largest absolute Gasteiger partial charge is 0.459 e. The first-order valence-electron chi connectivity index (χ1n) is 11.2. The van der Waals surface area contributed by atoms with Gasteiger partial charge < -0.3 is 25.2 Å². The first-order valence-corrected chi connectivity index (χ1v) is 11.2. The normalized spacial score (nSPS) is 46.1. The number of hydrogen-bond donors (Lipinski definition) is 4. The Morgan fingerprint density at radius 3 is 2.07 bits per heavy atom. The molecule has 1 fully saturated rings. The molecule has 1 aliphatic rings. The Bertz CT molecular complexity index is 590. The molecule has 30 heavy (non-hydrogen) atoms. The molecule has 4 N–H and O–H groups in total. The minimum Gasteiger partial charge on any atom is -0.459 e. The number of rotatable bonds is 2. The summed E-state index contributed by atoms with van der Waals surface area (Å²) >= 11 is 0. The molecule has 1 aliphatic heterocycles. The van der Waals surface area contributed by atoms with Crippen molar-refractivity contribution >= 4 is 11.8 Å². The molecular weight excluding hydrogens is 388 g/mol. The monoisotopic (exact) mass is 430 g/mol. The predicted molar refractivity (Wildman–Crippen MR) is 113 cm³/mol. The number of ether oxygens (including phenoxy) is 1. The lowest BCUT2D eigenvalue weighted by atomic mass is 9.74. The molecule has 0 amide bonds. The van der Waals surface area contributed by atoms with Gasteiger partial charge in [0.25, 0.3) is 0 Å². The van der Waals surface area contributed by atoms with E-state index in [2.05, 4.69) is 0 Å². The number of hydrogen-bond acceptors (Lipinski definition) is 7. The Balaban J connectivity index is 3.44. The zero-order valence-electron chi connectivity index (χ0n) is 19.7. The summed E-state index contributed by atoms with van der Waals surface area (Å²) in [6, 6.07) is 0. The summed E-state index contributed by atoms with van der Waals surface area (Å²) in [7, 11) is 0. The number of cyclic esters (lactones) is 1. The zero-order valence-corrected chi connectivity index (χ0v) is 19.7. The van der Waals surface area contributed by atoms with Gasteiger partial charge in [-0.3, -0.25) is 9.59 Å². The van der Waals surface area contributed by atoms with Crippen LogP contribution in [0.1, 0.15) is 68.2 Å². The van der Waals surface area contributed by atoms with Crippen molar-refractivity contribution < 1.29 is 34.8 Å². The van der Waals surface area contributed by atoms with E-state index in [0.29, 0.717) is 12.8 Å². The fourth-order valence-corrected chi connectivity index (χ4v) is 4.67. The molecule has 2 unspecified atom stereocenters. The van der Waals surface area contributed by atoms with E-state index in [0.717, 1.165) is 0 Å². The maximum absolute atomic E-state index is 13.0. The molecule has 7 heteroatoms. The molecule has 1 heterocycles. The molecular formula is C23H42O7. The molecule has 0 spiro atoms. The van der Waals surface area contributed by atoms with Crippen molar-refractivity contribution in [1.29, 1.82) is 0 Å². The Kier molecular flexibility index (Phi) is 9.48. The highest BCUT2D eigenvalue weighted by atomic mass is 16.6. The summed E-state index contributed by atoms with van der Waals surface area (Å²) in [5, 5.41) is 43.5. The van der Waals surface area contributed by atoms with E-state index in [9.17, 15) is 30.0 Å². The highest BCUT2D eigenvalue weighted by Gasteiger charge is 2.49. The van der Waals surface area contributed by atoms with Crippen molar-refractivity contribution in [1.82, 2.24) is 0 Å². The lowest BCUT2D eigenvalue weighted by molar-refractivity contribution is -0.201. The second-order valence-electron chi connectivity index (χ2n) is 9.85. The number of esters is 1. The van der Waals surface area contributed by atoms with Crippen molar-refractivity contribution in [3.8, 4) is 0 Å². The summed E-state index contributed by atoms with van der Waals surface area (Å²) in [5.41, 5.74) is -1.86. The van der Waals surface area contributed by atoms with Gasteiger partial charge in [0, 0.05) is 17.8 Å². The van der Waals surface area contributed by atoms with E-state index in [1.54, 1.807) is 34.6 Å². The van der Waals surface area contributed by atoms with Crippen molar-refractivity contribution in [2.75, 3.05) is 0 Å². The van der Waals surface area contributed by atoms with Crippen molar-refractivity contribution in [2.24, 2.45) is 35.5 Å². The number of Topliss-reactive ketones (excluding diaryl/α,β-unsaturated/α-hetero) is 1.